The maximum atomic E-state index is 13.2. The van der Waals surface area contributed by atoms with Crippen molar-refractivity contribution < 1.29 is 19.1 Å². The second-order valence-electron chi connectivity index (χ2n) is 9.44. The van der Waals surface area contributed by atoms with Crippen LogP contribution in [-0.4, -0.2) is 66.2 Å². The third-order valence-electron chi connectivity index (χ3n) is 6.77. The summed E-state index contributed by atoms with van der Waals surface area (Å²) in [6.45, 7) is 2.05. The average Bonchev–Trinajstić information content (AvgIpc) is 3.24. The van der Waals surface area contributed by atoms with Crippen LogP contribution in [0.4, 0.5) is 5.95 Å². The number of amides is 2. The monoisotopic (exact) mass is 535 g/mol. The van der Waals surface area contributed by atoms with Gasteiger partial charge in [-0.15, -0.1) is 0 Å². The number of benzene rings is 2. The summed E-state index contributed by atoms with van der Waals surface area (Å²) < 4.78 is 10.7. The lowest BCUT2D eigenvalue weighted by atomic mass is 10.0. The van der Waals surface area contributed by atoms with Crippen molar-refractivity contribution in [3.63, 3.8) is 0 Å². The summed E-state index contributed by atoms with van der Waals surface area (Å²) in [5, 5.41) is 6.74. The number of hydrogen-bond donors (Lipinski definition) is 2. The van der Waals surface area contributed by atoms with Crippen LogP contribution < -0.4 is 10.6 Å². The van der Waals surface area contributed by atoms with Crippen LogP contribution in [0.3, 0.4) is 0 Å². The van der Waals surface area contributed by atoms with Gasteiger partial charge in [0.1, 0.15) is 6.54 Å². The molecule has 3 heterocycles. The van der Waals surface area contributed by atoms with Gasteiger partial charge in [-0.1, -0.05) is 54.1 Å². The lowest BCUT2D eigenvalue weighted by molar-refractivity contribution is -0.123. The lowest BCUT2D eigenvalue weighted by Crippen LogP contribution is -2.40. The van der Waals surface area contributed by atoms with Crippen LogP contribution >= 0.6 is 11.6 Å². The fourth-order valence-electron chi connectivity index (χ4n) is 4.79. The van der Waals surface area contributed by atoms with Gasteiger partial charge < -0.3 is 25.0 Å². The number of hydrogen-bond acceptors (Lipinski definition) is 7. The molecule has 1 saturated heterocycles. The van der Waals surface area contributed by atoms with E-state index in [-0.39, 0.29) is 30.4 Å². The molecule has 9 nitrogen and oxygen atoms in total. The summed E-state index contributed by atoms with van der Waals surface area (Å²) in [4.78, 5) is 36.6. The van der Waals surface area contributed by atoms with Gasteiger partial charge in [0.2, 0.25) is 11.9 Å². The van der Waals surface area contributed by atoms with Crippen LogP contribution in [0.25, 0.3) is 11.3 Å². The molecular formula is C28H30ClN5O4. The molecule has 0 unspecified atom stereocenters. The number of carbonyl (C=O) groups is 2. The Morgan fingerprint density at radius 2 is 2.00 bits per heavy atom. The van der Waals surface area contributed by atoms with Crippen LogP contribution in [0.15, 0.2) is 54.7 Å². The van der Waals surface area contributed by atoms with Crippen LogP contribution in [0.1, 0.15) is 40.4 Å². The van der Waals surface area contributed by atoms with Crippen molar-refractivity contribution in [2.45, 2.75) is 31.5 Å². The molecule has 198 valence electrons. The summed E-state index contributed by atoms with van der Waals surface area (Å²) in [7, 11) is 1.59. The van der Waals surface area contributed by atoms with E-state index < -0.39 is 0 Å². The number of anilines is 1. The number of fused-ring (bicyclic) bond motifs is 1. The fraction of sp³-hybridized carbons (Fsp3) is 0.357. The number of nitrogens with one attached hydrogen (secondary N) is 2. The van der Waals surface area contributed by atoms with Gasteiger partial charge in [0.25, 0.3) is 5.91 Å². The molecule has 2 amide bonds. The first-order valence-electron chi connectivity index (χ1n) is 12.6. The van der Waals surface area contributed by atoms with Crippen LogP contribution in [0, 0.1) is 0 Å². The molecule has 2 aromatic carbocycles. The largest absolute Gasteiger partial charge is 0.382 e. The number of ether oxygens (including phenoxy) is 2. The van der Waals surface area contributed by atoms with Crippen LogP contribution in [0.5, 0.6) is 0 Å². The van der Waals surface area contributed by atoms with Gasteiger partial charge in [-0.2, -0.15) is 0 Å². The summed E-state index contributed by atoms with van der Waals surface area (Å²) in [6, 6.07) is 15.1. The van der Waals surface area contributed by atoms with E-state index in [0.717, 1.165) is 29.5 Å². The van der Waals surface area contributed by atoms with Gasteiger partial charge in [0, 0.05) is 44.0 Å². The van der Waals surface area contributed by atoms with Gasteiger partial charge in [-0.25, -0.2) is 9.97 Å². The summed E-state index contributed by atoms with van der Waals surface area (Å²) in [5.74, 6) is 0.0381. The predicted octanol–water partition coefficient (Wildman–Crippen LogP) is 3.85. The third-order valence-corrected chi connectivity index (χ3v) is 7.04. The minimum atomic E-state index is -0.302. The Bertz CT molecular complexity index is 1300. The lowest BCUT2D eigenvalue weighted by Gasteiger charge is -2.23. The minimum absolute atomic E-state index is 0.0523. The van der Waals surface area contributed by atoms with Crippen LogP contribution in [-0.2, 0) is 20.8 Å². The number of methoxy groups -OCH3 is 1. The molecule has 2 aliphatic rings. The SMILES string of the molecule is COC[C@@H](NC(=O)CN1Cc2ccc(-c3nc(NC4CCOCC4)ncc3Cl)cc2C1=O)c1ccccc1. The van der Waals surface area contributed by atoms with E-state index in [4.69, 9.17) is 21.1 Å². The van der Waals surface area contributed by atoms with Gasteiger partial charge >= 0.3 is 0 Å². The van der Waals surface area contributed by atoms with E-state index in [9.17, 15) is 9.59 Å². The molecular weight excluding hydrogens is 506 g/mol. The van der Waals surface area contributed by atoms with E-state index in [1.807, 2.05) is 42.5 Å². The smallest absolute Gasteiger partial charge is 0.254 e. The Hall–Kier alpha value is -3.53. The molecule has 2 N–H and O–H groups in total. The maximum Gasteiger partial charge on any atom is 0.254 e. The van der Waals surface area contributed by atoms with Crippen molar-refractivity contribution in [2.75, 3.05) is 38.8 Å². The molecule has 38 heavy (non-hydrogen) atoms. The Labute approximate surface area is 226 Å². The molecule has 0 aliphatic carbocycles. The summed E-state index contributed by atoms with van der Waals surface area (Å²) >= 11 is 6.45. The molecule has 1 fully saturated rings. The molecule has 1 atom stereocenters. The zero-order valence-electron chi connectivity index (χ0n) is 21.2. The number of aromatic nitrogens is 2. The summed E-state index contributed by atoms with van der Waals surface area (Å²) in [6.07, 6.45) is 3.34. The Kier molecular flexibility index (Phi) is 8.17. The van der Waals surface area contributed by atoms with Gasteiger partial charge in [-0.05, 0) is 30.0 Å². The van der Waals surface area contributed by atoms with Gasteiger partial charge in [0.15, 0.2) is 0 Å². The second kappa shape index (κ2) is 11.9. The number of rotatable bonds is 9. The van der Waals surface area contributed by atoms with E-state index >= 15 is 0 Å². The standard InChI is InChI=1S/C28H30ClN5O4/c1-37-17-24(18-5-3-2-4-6-18)32-25(35)16-34-15-20-8-7-19(13-22(20)27(34)36)26-23(29)14-30-28(33-26)31-21-9-11-38-12-10-21/h2-8,13-14,21,24H,9-12,15-17H2,1H3,(H,32,35)(H,30,31,33)/t24-/m1/s1. The molecule has 0 bridgehead atoms. The predicted molar refractivity (Wildman–Crippen MR) is 144 cm³/mol. The zero-order chi connectivity index (χ0) is 26.5. The molecule has 1 aromatic heterocycles. The fourth-order valence-corrected chi connectivity index (χ4v) is 4.99. The van der Waals surface area contributed by atoms with Crippen molar-refractivity contribution in [1.82, 2.24) is 20.2 Å². The Morgan fingerprint density at radius 3 is 2.76 bits per heavy atom. The topological polar surface area (TPSA) is 106 Å². The zero-order valence-corrected chi connectivity index (χ0v) is 21.9. The van der Waals surface area contributed by atoms with E-state index in [1.54, 1.807) is 24.3 Å². The minimum Gasteiger partial charge on any atom is -0.382 e. The van der Waals surface area contributed by atoms with Crippen molar-refractivity contribution in [3.8, 4) is 11.3 Å². The van der Waals surface area contributed by atoms with Gasteiger partial charge in [0.05, 0.1) is 29.6 Å². The highest BCUT2D eigenvalue weighted by Gasteiger charge is 2.30. The number of halogens is 1. The maximum absolute atomic E-state index is 13.2. The number of carbonyl (C=O) groups excluding carboxylic acids is 2. The van der Waals surface area contributed by atoms with E-state index in [0.29, 0.717) is 48.6 Å². The molecule has 0 radical (unpaired) electrons. The molecule has 0 spiro atoms. The molecule has 2 aliphatic heterocycles. The average molecular weight is 536 g/mol. The van der Waals surface area contributed by atoms with E-state index in [2.05, 4.69) is 20.6 Å². The number of nitrogens with zero attached hydrogens (tertiary/aromatic N) is 3. The quantitative estimate of drug-likeness (QED) is 0.429. The molecule has 0 saturated carbocycles. The second-order valence-corrected chi connectivity index (χ2v) is 9.85. The molecule has 5 rings (SSSR count). The Morgan fingerprint density at radius 1 is 1.21 bits per heavy atom. The first-order valence-corrected chi connectivity index (χ1v) is 13.0. The highest BCUT2D eigenvalue weighted by Crippen LogP contribution is 2.31. The van der Waals surface area contributed by atoms with Crippen molar-refractivity contribution in [2.24, 2.45) is 0 Å². The normalized spacial score (nSPS) is 16.3. The van der Waals surface area contributed by atoms with Crippen molar-refractivity contribution in [1.29, 1.82) is 0 Å². The van der Waals surface area contributed by atoms with E-state index in [1.165, 1.54) is 0 Å². The van der Waals surface area contributed by atoms with Crippen LogP contribution in [0.2, 0.25) is 5.02 Å². The highest BCUT2D eigenvalue weighted by atomic mass is 35.5. The van der Waals surface area contributed by atoms with Crippen molar-refractivity contribution >= 4 is 29.4 Å². The molecule has 10 heteroatoms. The first-order chi connectivity index (χ1) is 18.5. The highest BCUT2D eigenvalue weighted by molar-refractivity contribution is 6.33. The Balaban J connectivity index is 1.28. The van der Waals surface area contributed by atoms with Gasteiger partial charge in [-0.3, -0.25) is 9.59 Å². The van der Waals surface area contributed by atoms with Crippen molar-refractivity contribution in [3.05, 3.63) is 76.4 Å². The molecule has 3 aromatic rings. The third kappa shape index (κ3) is 5.96. The summed E-state index contributed by atoms with van der Waals surface area (Å²) in [5.41, 5.74) is 3.60. The first kappa shape index (κ1) is 26.1.